The Balaban J connectivity index is 1.69. The van der Waals surface area contributed by atoms with Crippen LogP contribution in [0.15, 0.2) is 30.5 Å². The summed E-state index contributed by atoms with van der Waals surface area (Å²) in [4.78, 5) is 19.4. The normalized spacial score (nSPS) is 18.8. The van der Waals surface area contributed by atoms with Gasteiger partial charge < -0.3 is 9.84 Å². The second-order valence-electron chi connectivity index (χ2n) is 6.42. The van der Waals surface area contributed by atoms with E-state index in [4.69, 9.17) is 21.4 Å². The second-order valence-corrected chi connectivity index (χ2v) is 6.83. The highest BCUT2D eigenvalue weighted by molar-refractivity contribution is 6.32. The van der Waals surface area contributed by atoms with Gasteiger partial charge in [0.05, 0.1) is 24.8 Å². The van der Waals surface area contributed by atoms with Crippen LogP contribution in [0.25, 0.3) is 10.9 Å². The highest BCUT2D eigenvalue weighted by atomic mass is 35.5. The Morgan fingerprint density at radius 3 is 3.12 bits per heavy atom. The third kappa shape index (κ3) is 4.67. The Labute approximate surface area is 152 Å². The predicted molar refractivity (Wildman–Crippen MR) is 96.9 cm³/mol. The molecule has 1 N–H and O–H groups in total. The average molecular weight is 364 g/mol. The van der Waals surface area contributed by atoms with E-state index in [2.05, 4.69) is 9.88 Å². The summed E-state index contributed by atoms with van der Waals surface area (Å²) in [6, 6.07) is 7.85. The van der Waals surface area contributed by atoms with Crippen molar-refractivity contribution < 1.29 is 14.6 Å². The van der Waals surface area contributed by atoms with Gasteiger partial charge in [0.2, 0.25) is 0 Å². The number of halogens is 1. The molecule has 134 valence electrons. The first kappa shape index (κ1) is 18.1. The van der Waals surface area contributed by atoms with E-state index in [0.29, 0.717) is 19.7 Å². The molecule has 2 heterocycles. The molecule has 2 aromatic rings. The molecule has 0 spiro atoms. The number of pyridine rings is 1. The maximum atomic E-state index is 10.8. The van der Waals surface area contributed by atoms with Gasteiger partial charge in [0.15, 0.2) is 0 Å². The molecule has 1 aliphatic heterocycles. The molecule has 1 saturated heterocycles. The Morgan fingerprint density at radius 2 is 2.32 bits per heavy atom. The van der Waals surface area contributed by atoms with Gasteiger partial charge in [0.1, 0.15) is 0 Å². The first-order chi connectivity index (χ1) is 12.0. The maximum absolute atomic E-state index is 10.8. The first-order valence-electron chi connectivity index (χ1n) is 8.29. The van der Waals surface area contributed by atoms with E-state index in [1.165, 1.54) is 0 Å². The number of carboxylic acid groups (broad SMARTS) is 1. The van der Waals surface area contributed by atoms with Gasteiger partial charge in [-0.1, -0.05) is 23.7 Å². The molecular formula is C18H22ClN3O3. The fraction of sp³-hybridized carbons (Fsp3) is 0.444. The number of likely N-dealkylation sites (N-methyl/N-ethyl adjacent to an activating group) is 1. The molecule has 1 aromatic carbocycles. The lowest BCUT2D eigenvalue weighted by Gasteiger charge is -2.34. The van der Waals surface area contributed by atoms with Crippen LogP contribution in [0.1, 0.15) is 5.56 Å². The van der Waals surface area contributed by atoms with Crippen LogP contribution in [0.3, 0.4) is 0 Å². The molecule has 6 nitrogen and oxygen atoms in total. The number of hydrogen-bond donors (Lipinski definition) is 1. The summed E-state index contributed by atoms with van der Waals surface area (Å²) in [5.74, 6) is -0.830. The minimum absolute atomic E-state index is 0.0128. The molecule has 1 atom stereocenters. The van der Waals surface area contributed by atoms with E-state index in [1.807, 2.05) is 24.3 Å². The largest absolute Gasteiger partial charge is 0.480 e. The summed E-state index contributed by atoms with van der Waals surface area (Å²) in [6.45, 7) is 3.49. The van der Waals surface area contributed by atoms with Gasteiger partial charge in [-0.3, -0.25) is 19.6 Å². The number of carbonyl (C=O) groups is 1. The summed E-state index contributed by atoms with van der Waals surface area (Å²) >= 11 is 6.43. The van der Waals surface area contributed by atoms with Crippen molar-refractivity contribution in [3.05, 3.63) is 41.0 Å². The zero-order chi connectivity index (χ0) is 17.8. The van der Waals surface area contributed by atoms with E-state index < -0.39 is 5.97 Å². The highest BCUT2D eigenvalue weighted by Gasteiger charge is 2.23. The van der Waals surface area contributed by atoms with Crippen LogP contribution in [0.4, 0.5) is 0 Å². The summed E-state index contributed by atoms with van der Waals surface area (Å²) in [5, 5.41) is 10.7. The van der Waals surface area contributed by atoms with E-state index in [1.54, 1.807) is 18.1 Å². The number of nitrogens with zero attached hydrogens (tertiary/aromatic N) is 3. The van der Waals surface area contributed by atoms with Crippen molar-refractivity contribution in [3.8, 4) is 0 Å². The van der Waals surface area contributed by atoms with E-state index in [9.17, 15) is 4.79 Å². The van der Waals surface area contributed by atoms with Gasteiger partial charge in [-0.05, 0) is 19.2 Å². The van der Waals surface area contributed by atoms with E-state index in [0.717, 1.165) is 34.6 Å². The van der Waals surface area contributed by atoms with Gasteiger partial charge in [0, 0.05) is 48.3 Å². The van der Waals surface area contributed by atoms with Crippen molar-refractivity contribution in [1.82, 2.24) is 14.8 Å². The van der Waals surface area contributed by atoms with Crippen LogP contribution in [0.2, 0.25) is 5.02 Å². The van der Waals surface area contributed by atoms with Gasteiger partial charge in [-0.25, -0.2) is 0 Å². The number of aliphatic carboxylic acids is 1. The lowest BCUT2D eigenvalue weighted by atomic mass is 10.1. The predicted octanol–water partition coefficient (Wildman–Crippen LogP) is 2.11. The van der Waals surface area contributed by atoms with E-state index in [-0.39, 0.29) is 12.6 Å². The topological polar surface area (TPSA) is 65.9 Å². The Morgan fingerprint density at radius 1 is 1.48 bits per heavy atom. The second kappa shape index (κ2) is 8.10. The molecule has 0 radical (unpaired) electrons. The molecule has 7 heteroatoms. The van der Waals surface area contributed by atoms with Gasteiger partial charge in [0.25, 0.3) is 0 Å². The van der Waals surface area contributed by atoms with Crippen LogP contribution < -0.4 is 0 Å². The highest BCUT2D eigenvalue weighted by Crippen LogP contribution is 2.26. The molecule has 25 heavy (non-hydrogen) atoms. The van der Waals surface area contributed by atoms with Crippen LogP contribution >= 0.6 is 11.6 Å². The minimum atomic E-state index is -0.830. The fourth-order valence-corrected chi connectivity index (χ4v) is 3.44. The molecule has 0 aliphatic carbocycles. The maximum Gasteiger partial charge on any atom is 0.317 e. The molecule has 1 unspecified atom stereocenters. The van der Waals surface area contributed by atoms with Gasteiger partial charge in [-0.2, -0.15) is 0 Å². The number of aromatic nitrogens is 1. The summed E-state index contributed by atoms with van der Waals surface area (Å²) in [5.41, 5.74) is 1.96. The van der Waals surface area contributed by atoms with Crippen LogP contribution in [-0.4, -0.2) is 71.8 Å². The van der Waals surface area contributed by atoms with Crippen LogP contribution in [0, 0.1) is 0 Å². The molecule has 1 aromatic heterocycles. The third-order valence-corrected chi connectivity index (χ3v) is 4.70. The van der Waals surface area contributed by atoms with E-state index >= 15 is 0 Å². The zero-order valence-corrected chi connectivity index (χ0v) is 14.9. The number of rotatable bonds is 6. The molecule has 1 aliphatic rings. The molecule has 0 bridgehead atoms. The van der Waals surface area contributed by atoms with Crippen molar-refractivity contribution in [2.45, 2.75) is 12.6 Å². The van der Waals surface area contributed by atoms with Crippen molar-refractivity contribution in [2.24, 2.45) is 0 Å². The Hall–Kier alpha value is -1.73. The molecule has 1 fully saturated rings. The SMILES string of the molecule is CN(CC(=O)O)CC1CN(Cc2c(Cl)ccc3cccnc23)CCO1. The lowest BCUT2D eigenvalue weighted by Crippen LogP contribution is -2.47. The summed E-state index contributed by atoms with van der Waals surface area (Å²) in [7, 11) is 1.79. The Kier molecular flexibility index (Phi) is 5.86. The summed E-state index contributed by atoms with van der Waals surface area (Å²) < 4.78 is 5.79. The smallest absolute Gasteiger partial charge is 0.317 e. The summed E-state index contributed by atoms with van der Waals surface area (Å²) in [6.07, 6.45) is 1.77. The lowest BCUT2D eigenvalue weighted by molar-refractivity contribution is -0.138. The zero-order valence-electron chi connectivity index (χ0n) is 14.2. The number of hydrogen-bond acceptors (Lipinski definition) is 5. The van der Waals surface area contributed by atoms with Gasteiger partial charge in [-0.15, -0.1) is 0 Å². The van der Waals surface area contributed by atoms with Crippen molar-refractivity contribution in [2.75, 3.05) is 39.8 Å². The molecule has 0 saturated carbocycles. The van der Waals surface area contributed by atoms with Crippen LogP contribution in [0.5, 0.6) is 0 Å². The fourth-order valence-electron chi connectivity index (χ4n) is 3.23. The molecule has 0 amide bonds. The molecule has 3 rings (SSSR count). The number of fused-ring (bicyclic) bond motifs is 1. The third-order valence-electron chi connectivity index (χ3n) is 4.35. The van der Waals surface area contributed by atoms with Crippen molar-refractivity contribution in [1.29, 1.82) is 0 Å². The van der Waals surface area contributed by atoms with Crippen molar-refractivity contribution >= 4 is 28.5 Å². The minimum Gasteiger partial charge on any atom is -0.480 e. The van der Waals surface area contributed by atoms with Crippen LogP contribution in [-0.2, 0) is 16.1 Å². The number of ether oxygens (including phenoxy) is 1. The number of benzene rings is 1. The van der Waals surface area contributed by atoms with Gasteiger partial charge >= 0.3 is 5.97 Å². The first-order valence-corrected chi connectivity index (χ1v) is 8.67. The number of morpholine rings is 1. The quantitative estimate of drug-likeness (QED) is 0.848. The van der Waals surface area contributed by atoms with Crippen molar-refractivity contribution in [3.63, 3.8) is 0 Å². The monoisotopic (exact) mass is 363 g/mol. The number of carboxylic acids is 1. The Bertz CT molecular complexity index is 755. The molecular weight excluding hydrogens is 342 g/mol. The average Bonchev–Trinajstić information content (AvgIpc) is 2.57. The standard InChI is InChI=1S/C18H22ClN3O3/c1-21(12-17(23)24)9-14-10-22(7-8-25-14)11-15-16(19)5-4-13-3-2-6-20-18(13)15/h2-6,14H,7-12H2,1H3,(H,23,24).